The van der Waals surface area contributed by atoms with Crippen molar-refractivity contribution in [1.82, 2.24) is 0 Å². The molecule has 2 rings (SSSR count). The fourth-order valence-corrected chi connectivity index (χ4v) is 1.26. The lowest BCUT2D eigenvalue weighted by atomic mass is 10.1. The number of hydrogen-bond acceptors (Lipinski definition) is 1. The first-order valence-corrected chi connectivity index (χ1v) is 5.41. The molecule has 0 fully saturated rings. The van der Waals surface area contributed by atoms with E-state index in [1.807, 2.05) is 12.1 Å². The molecule has 0 unspecified atom stereocenters. The average molecular weight is 202 g/mol. The van der Waals surface area contributed by atoms with E-state index >= 15 is 0 Å². The Hall–Kier alpha value is -1.38. The highest BCUT2D eigenvalue weighted by Crippen LogP contribution is 2.17. The van der Waals surface area contributed by atoms with Gasteiger partial charge in [-0.2, -0.15) is 0 Å². The van der Waals surface area contributed by atoms with E-state index in [2.05, 4.69) is 48.5 Å². The van der Waals surface area contributed by atoms with Crippen LogP contribution in [0.1, 0.15) is 0 Å². The zero-order valence-electron chi connectivity index (χ0n) is 8.22. The van der Waals surface area contributed by atoms with Crippen molar-refractivity contribution in [3.63, 3.8) is 0 Å². The standard InChI is InChI=1S/C12H10.H4OSi/c1-3-7-11(8-4-1)12-9-5-2-6-10-12;1-2/h1-10H;1H,2H3. The van der Waals surface area contributed by atoms with Gasteiger partial charge in [0.25, 0.3) is 0 Å². The van der Waals surface area contributed by atoms with Gasteiger partial charge in [-0.15, -0.1) is 0 Å². The van der Waals surface area contributed by atoms with Gasteiger partial charge in [-0.3, -0.25) is 0 Å². The second-order valence-electron chi connectivity index (χ2n) is 2.73. The van der Waals surface area contributed by atoms with Crippen LogP contribution in [0.2, 0.25) is 0 Å². The minimum Gasteiger partial charge on any atom is -0.442 e. The van der Waals surface area contributed by atoms with Crippen molar-refractivity contribution in [2.75, 3.05) is 0 Å². The summed E-state index contributed by atoms with van der Waals surface area (Å²) in [4.78, 5) is 7.14. The lowest BCUT2D eigenvalue weighted by molar-refractivity contribution is 0.629. The van der Waals surface area contributed by atoms with E-state index in [1.165, 1.54) is 11.1 Å². The van der Waals surface area contributed by atoms with E-state index in [1.54, 1.807) is 0 Å². The molecule has 0 saturated carbocycles. The van der Waals surface area contributed by atoms with E-state index in [0.717, 1.165) is 0 Å². The monoisotopic (exact) mass is 202 g/mol. The van der Waals surface area contributed by atoms with Crippen LogP contribution in [-0.4, -0.2) is 15.3 Å². The van der Waals surface area contributed by atoms with E-state index in [9.17, 15) is 0 Å². The molecule has 1 nitrogen and oxygen atoms in total. The Morgan fingerprint density at radius 3 is 1.14 bits per heavy atom. The molecule has 72 valence electrons. The van der Waals surface area contributed by atoms with Crippen LogP contribution in [0.15, 0.2) is 60.7 Å². The highest BCUT2D eigenvalue weighted by molar-refractivity contribution is 5.95. The Labute approximate surface area is 87.6 Å². The molecule has 14 heavy (non-hydrogen) atoms. The van der Waals surface area contributed by atoms with E-state index in [4.69, 9.17) is 4.80 Å². The molecule has 2 aromatic carbocycles. The van der Waals surface area contributed by atoms with Gasteiger partial charge in [0.15, 0.2) is 0 Å². The van der Waals surface area contributed by atoms with Gasteiger partial charge in [0.05, 0.1) is 0 Å². The zero-order chi connectivity index (χ0) is 10.2. The van der Waals surface area contributed by atoms with Gasteiger partial charge < -0.3 is 4.80 Å². The summed E-state index contributed by atoms with van der Waals surface area (Å²) >= 11 is 0. The molecule has 2 aromatic rings. The molecule has 0 heterocycles. The highest BCUT2D eigenvalue weighted by atomic mass is 28.2. The molecule has 0 bridgehead atoms. The normalized spacial score (nSPS) is 8.93. The quantitative estimate of drug-likeness (QED) is 0.697. The van der Waals surface area contributed by atoms with Gasteiger partial charge in [-0.1, -0.05) is 60.7 Å². The average Bonchev–Trinajstić information content (AvgIpc) is 2.34. The van der Waals surface area contributed by atoms with Crippen LogP contribution in [0, 0.1) is 0 Å². The second-order valence-corrected chi connectivity index (χ2v) is 2.73. The molecule has 0 radical (unpaired) electrons. The van der Waals surface area contributed by atoms with Crippen LogP contribution < -0.4 is 0 Å². The largest absolute Gasteiger partial charge is 0.442 e. The summed E-state index contributed by atoms with van der Waals surface area (Å²) in [5.74, 6) is 0. The van der Waals surface area contributed by atoms with Crippen molar-refractivity contribution in [2.45, 2.75) is 0 Å². The Bertz CT molecular complexity index is 308. The summed E-state index contributed by atoms with van der Waals surface area (Å²) in [5.41, 5.74) is 2.55. The van der Waals surface area contributed by atoms with Crippen LogP contribution >= 0.6 is 0 Å². The van der Waals surface area contributed by atoms with E-state index in [-0.39, 0.29) is 0 Å². The molecule has 2 heteroatoms. The van der Waals surface area contributed by atoms with Crippen LogP contribution in [0.3, 0.4) is 0 Å². The summed E-state index contributed by atoms with van der Waals surface area (Å²) in [6.45, 7) is 0. The van der Waals surface area contributed by atoms with E-state index in [0.29, 0.717) is 10.5 Å². The maximum absolute atomic E-state index is 7.14. The molecule has 0 atom stereocenters. The maximum atomic E-state index is 7.14. The third-order valence-electron chi connectivity index (χ3n) is 1.88. The highest BCUT2D eigenvalue weighted by Gasteiger charge is 1.91. The Morgan fingerprint density at radius 2 is 0.857 bits per heavy atom. The first kappa shape index (κ1) is 10.7. The molecule has 0 spiro atoms. The van der Waals surface area contributed by atoms with Gasteiger partial charge in [0, 0.05) is 0 Å². The Balaban J connectivity index is 0.000000461. The summed E-state index contributed by atoms with van der Waals surface area (Å²) in [6, 6.07) is 20.8. The topological polar surface area (TPSA) is 20.2 Å². The smallest absolute Gasteiger partial charge is 0.141 e. The number of hydrogen-bond donors (Lipinski definition) is 1. The van der Waals surface area contributed by atoms with Crippen molar-refractivity contribution < 1.29 is 4.80 Å². The Morgan fingerprint density at radius 1 is 0.571 bits per heavy atom. The van der Waals surface area contributed by atoms with Crippen molar-refractivity contribution in [3.8, 4) is 11.1 Å². The van der Waals surface area contributed by atoms with Crippen molar-refractivity contribution in [1.29, 1.82) is 0 Å². The maximum Gasteiger partial charge on any atom is 0.141 e. The van der Waals surface area contributed by atoms with Crippen molar-refractivity contribution in [2.24, 2.45) is 0 Å². The SMILES string of the molecule is O[SiH3].c1ccc(-c2ccccc2)cc1. The first-order chi connectivity index (χ1) is 6.97. The van der Waals surface area contributed by atoms with Crippen molar-refractivity contribution in [3.05, 3.63) is 60.7 Å². The van der Waals surface area contributed by atoms with Gasteiger partial charge in [0.2, 0.25) is 0 Å². The van der Waals surface area contributed by atoms with Crippen LogP contribution in [-0.2, 0) is 0 Å². The van der Waals surface area contributed by atoms with Crippen molar-refractivity contribution >= 4 is 10.5 Å². The summed E-state index contributed by atoms with van der Waals surface area (Å²) < 4.78 is 0. The summed E-state index contributed by atoms with van der Waals surface area (Å²) in [6.07, 6.45) is 0. The van der Waals surface area contributed by atoms with Gasteiger partial charge in [-0.05, 0) is 11.1 Å². The molecule has 0 aromatic heterocycles. The lowest BCUT2D eigenvalue weighted by Gasteiger charge is -1.98. The summed E-state index contributed by atoms with van der Waals surface area (Å²) in [5, 5.41) is 0. The fraction of sp³-hybridized carbons (Fsp3) is 0. The molecular formula is C12H14OSi. The third-order valence-corrected chi connectivity index (χ3v) is 1.88. The predicted octanol–water partition coefficient (Wildman–Crippen LogP) is 1.61. The van der Waals surface area contributed by atoms with E-state index < -0.39 is 0 Å². The molecule has 1 N–H and O–H groups in total. The second kappa shape index (κ2) is 6.13. The lowest BCUT2D eigenvalue weighted by Crippen LogP contribution is -1.73. The molecule has 0 saturated heterocycles. The van der Waals surface area contributed by atoms with Gasteiger partial charge in [-0.25, -0.2) is 0 Å². The molecule has 0 aliphatic heterocycles. The van der Waals surface area contributed by atoms with Crippen LogP contribution in [0.25, 0.3) is 11.1 Å². The predicted molar refractivity (Wildman–Crippen MR) is 64.0 cm³/mol. The Kier molecular flexibility index (Phi) is 4.68. The minimum atomic E-state index is 0.306. The first-order valence-electron chi connectivity index (χ1n) is 4.52. The van der Waals surface area contributed by atoms with Gasteiger partial charge >= 0.3 is 0 Å². The van der Waals surface area contributed by atoms with Gasteiger partial charge in [0.1, 0.15) is 10.5 Å². The molecular weight excluding hydrogens is 188 g/mol. The third kappa shape index (κ3) is 2.83. The molecule has 0 aliphatic carbocycles. The molecule has 0 aliphatic rings. The van der Waals surface area contributed by atoms with Crippen LogP contribution in [0.5, 0.6) is 0 Å². The van der Waals surface area contributed by atoms with Crippen LogP contribution in [0.4, 0.5) is 0 Å². The summed E-state index contributed by atoms with van der Waals surface area (Å²) in [7, 11) is 0.306. The number of rotatable bonds is 1. The molecule has 0 amide bonds. The minimum absolute atomic E-state index is 0.306. The fourth-order valence-electron chi connectivity index (χ4n) is 1.26. The number of benzene rings is 2. The zero-order valence-corrected chi connectivity index (χ0v) is 10.2.